The van der Waals surface area contributed by atoms with Gasteiger partial charge in [0.1, 0.15) is 18.6 Å². The molecule has 0 aromatic heterocycles. The van der Waals surface area contributed by atoms with Crippen molar-refractivity contribution in [1.29, 1.82) is 0 Å². The van der Waals surface area contributed by atoms with Gasteiger partial charge in [-0.15, -0.1) is 0 Å². The number of hydrogen-bond donors (Lipinski definition) is 2. The molecule has 0 aliphatic carbocycles. The van der Waals surface area contributed by atoms with Gasteiger partial charge >= 0.3 is 0 Å². The summed E-state index contributed by atoms with van der Waals surface area (Å²) in [5.41, 5.74) is 7.27. The lowest BCUT2D eigenvalue weighted by atomic mass is 10.1. The molecule has 136 valence electrons. The monoisotopic (exact) mass is 356 g/mol. The highest BCUT2D eigenvalue weighted by Crippen LogP contribution is 2.28. The van der Waals surface area contributed by atoms with Crippen LogP contribution in [0, 0.1) is 5.82 Å². The van der Waals surface area contributed by atoms with Gasteiger partial charge in [0.15, 0.2) is 11.5 Å². The maximum Gasteiger partial charge on any atom is 0.245 e. The zero-order valence-corrected chi connectivity index (χ0v) is 14.4. The molecule has 26 heavy (non-hydrogen) atoms. The molecule has 0 saturated carbocycles. The predicted molar refractivity (Wildman–Crippen MR) is 99.2 cm³/mol. The summed E-state index contributed by atoms with van der Waals surface area (Å²) in [7, 11) is 1.54. The molecular formula is C20H21FN2O3. The van der Waals surface area contributed by atoms with E-state index < -0.39 is 6.17 Å². The van der Waals surface area contributed by atoms with E-state index in [0.717, 1.165) is 5.56 Å². The molecule has 0 heterocycles. The van der Waals surface area contributed by atoms with Gasteiger partial charge < -0.3 is 20.5 Å². The van der Waals surface area contributed by atoms with Crippen molar-refractivity contribution in [3.05, 3.63) is 78.1 Å². The summed E-state index contributed by atoms with van der Waals surface area (Å²) in [5, 5.41) is 2.62. The van der Waals surface area contributed by atoms with Gasteiger partial charge in [-0.3, -0.25) is 4.79 Å². The number of ether oxygens (including phenoxy) is 2. The normalized spacial score (nSPS) is 11.8. The van der Waals surface area contributed by atoms with Crippen LogP contribution in [0.2, 0.25) is 0 Å². The fourth-order valence-corrected chi connectivity index (χ4v) is 2.18. The number of nitrogens with one attached hydrogen (secondary N) is 1. The van der Waals surface area contributed by atoms with E-state index in [-0.39, 0.29) is 11.7 Å². The third-order valence-electron chi connectivity index (χ3n) is 3.50. The Morgan fingerprint density at radius 3 is 2.65 bits per heavy atom. The Morgan fingerprint density at radius 2 is 2.00 bits per heavy atom. The van der Waals surface area contributed by atoms with Crippen molar-refractivity contribution in [1.82, 2.24) is 5.32 Å². The number of benzene rings is 2. The number of hydrogen-bond acceptors (Lipinski definition) is 4. The van der Waals surface area contributed by atoms with Crippen molar-refractivity contribution in [2.24, 2.45) is 5.73 Å². The minimum absolute atomic E-state index is 0.360. The predicted octanol–water partition coefficient (Wildman–Crippen LogP) is 3.19. The molecule has 2 rings (SSSR count). The van der Waals surface area contributed by atoms with Crippen LogP contribution in [0.4, 0.5) is 4.39 Å². The maximum absolute atomic E-state index is 12.9. The summed E-state index contributed by atoms with van der Waals surface area (Å²) >= 11 is 0. The fraction of sp³-hybridized carbons (Fsp3) is 0.150. The number of halogens is 1. The van der Waals surface area contributed by atoms with E-state index in [1.54, 1.807) is 30.4 Å². The second kappa shape index (κ2) is 9.39. The largest absolute Gasteiger partial charge is 0.493 e. The Hall–Kier alpha value is -3.12. The lowest BCUT2D eigenvalue weighted by molar-refractivity contribution is -0.117. The van der Waals surface area contributed by atoms with Crippen molar-refractivity contribution in [3.63, 3.8) is 0 Å². The average Bonchev–Trinajstić information content (AvgIpc) is 2.65. The summed E-state index contributed by atoms with van der Waals surface area (Å²) in [6, 6.07) is 10.9. The number of rotatable bonds is 8. The third-order valence-corrected chi connectivity index (χ3v) is 3.50. The maximum atomic E-state index is 12.9. The quantitative estimate of drug-likeness (QED) is 0.433. The van der Waals surface area contributed by atoms with E-state index >= 15 is 0 Å². The van der Waals surface area contributed by atoms with Gasteiger partial charge in [0.25, 0.3) is 0 Å². The molecule has 6 heteroatoms. The van der Waals surface area contributed by atoms with Crippen LogP contribution in [0.3, 0.4) is 0 Å². The van der Waals surface area contributed by atoms with Crippen molar-refractivity contribution in [2.75, 3.05) is 13.7 Å². The second-order valence-corrected chi connectivity index (χ2v) is 5.38. The Kier molecular flexibility index (Phi) is 6.93. The number of nitrogens with two attached hydrogens (primary N) is 1. The molecule has 0 aliphatic heterocycles. The highest BCUT2D eigenvalue weighted by molar-refractivity contribution is 5.92. The van der Waals surface area contributed by atoms with Gasteiger partial charge in [-0.05, 0) is 41.5 Å². The lowest BCUT2D eigenvalue weighted by Gasteiger charge is -2.13. The van der Waals surface area contributed by atoms with Crippen molar-refractivity contribution in [3.8, 4) is 11.5 Å². The molecule has 0 saturated heterocycles. The Labute approximate surface area is 151 Å². The first-order chi connectivity index (χ1) is 12.5. The third kappa shape index (κ3) is 5.46. The van der Waals surface area contributed by atoms with Gasteiger partial charge in [0.05, 0.1) is 7.11 Å². The number of carbonyl (C=O) groups excluding carboxylic acids is 1. The van der Waals surface area contributed by atoms with Crippen molar-refractivity contribution in [2.45, 2.75) is 6.17 Å². The summed E-state index contributed by atoms with van der Waals surface area (Å²) in [4.78, 5) is 12.0. The zero-order chi connectivity index (χ0) is 18.9. The first-order valence-electron chi connectivity index (χ1n) is 7.95. The topological polar surface area (TPSA) is 73.6 Å². The molecule has 2 aromatic carbocycles. The lowest BCUT2D eigenvalue weighted by Crippen LogP contribution is -2.32. The average molecular weight is 356 g/mol. The van der Waals surface area contributed by atoms with Crippen LogP contribution in [0.15, 0.2) is 61.2 Å². The summed E-state index contributed by atoms with van der Waals surface area (Å²) in [6.07, 6.45) is 3.91. The van der Waals surface area contributed by atoms with Gasteiger partial charge in [-0.2, -0.15) is 0 Å². The number of amides is 1. The highest BCUT2D eigenvalue weighted by atomic mass is 19.1. The minimum Gasteiger partial charge on any atom is -0.493 e. The molecule has 1 amide bonds. The van der Waals surface area contributed by atoms with E-state index in [1.807, 2.05) is 0 Å². The molecule has 0 bridgehead atoms. The molecule has 0 spiro atoms. The van der Waals surface area contributed by atoms with E-state index in [2.05, 4.69) is 11.9 Å². The van der Waals surface area contributed by atoms with E-state index in [0.29, 0.717) is 23.7 Å². The zero-order valence-electron chi connectivity index (χ0n) is 14.4. The van der Waals surface area contributed by atoms with Crippen LogP contribution < -0.4 is 20.5 Å². The molecule has 0 fully saturated rings. The minimum atomic E-state index is -0.725. The van der Waals surface area contributed by atoms with Crippen LogP contribution in [0.1, 0.15) is 17.3 Å². The van der Waals surface area contributed by atoms with Gasteiger partial charge in [0.2, 0.25) is 5.91 Å². The molecule has 1 unspecified atom stereocenters. The fourth-order valence-electron chi connectivity index (χ4n) is 2.18. The van der Waals surface area contributed by atoms with Gasteiger partial charge in [-0.25, -0.2) is 4.39 Å². The molecule has 5 nitrogen and oxygen atoms in total. The Morgan fingerprint density at radius 1 is 1.27 bits per heavy atom. The first kappa shape index (κ1) is 19.2. The van der Waals surface area contributed by atoms with Crippen LogP contribution in [-0.2, 0) is 4.79 Å². The standard InChI is InChI=1S/C20H21FN2O3/c1-3-12-26-17-10-4-14(13-18(17)25-2)5-11-19(24)23-20(22)15-6-8-16(21)9-7-15/h3-11,13,20H,1,12,22H2,2H3,(H,23,24). The second-order valence-electron chi connectivity index (χ2n) is 5.38. The van der Waals surface area contributed by atoms with E-state index in [9.17, 15) is 9.18 Å². The Bertz CT molecular complexity index is 788. The van der Waals surface area contributed by atoms with Gasteiger partial charge in [-0.1, -0.05) is 30.9 Å². The highest BCUT2D eigenvalue weighted by Gasteiger charge is 2.08. The Balaban J connectivity index is 2.00. The molecule has 3 N–H and O–H groups in total. The molecular weight excluding hydrogens is 335 g/mol. The summed E-state index contributed by atoms with van der Waals surface area (Å²) in [5.74, 6) is 0.416. The summed E-state index contributed by atoms with van der Waals surface area (Å²) < 4.78 is 23.7. The van der Waals surface area contributed by atoms with Crippen LogP contribution in [-0.4, -0.2) is 19.6 Å². The van der Waals surface area contributed by atoms with E-state index in [4.69, 9.17) is 15.2 Å². The van der Waals surface area contributed by atoms with Crippen LogP contribution in [0.25, 0.3) is 6.08 Å². The van der Waals surface area contributed by atoms with Crippen LogP contribution in [0.5, 0.6) is 11.5 Å². The van der Waals surface area contributed by atoms with E-state index in [1.165, 1.54) is 37.5 Å². The molecule has 2 aromatic rings. The van der Waals surface area contributed by atoms with Crippen LogP contribution >= 0.6 is 0 Å². The van der Waals surface area contributed by atoms with Crippen molar-refractivity contribution < 1.29 is 18.7 Å². The molecule has 0 radical (unpaired) electrons. The molecule has 0 aliphatic rings. The number of methoxy groups -OCH3 is 1. The van der Waals surface area contributed by atoms with Crippen molar-refractivity contribution >= 4 is 12.0 Å². The summed E-state index contributed by atoms with van der Waals surface area (Å²) in [6.45, 7) is 3.97. The van der Waals surface area contributed by atoms with Gasteiger partial charge in [0, 0.05) is 6.08 Å². The molecule has 1 atom stereocenters. The first-order valence-corrected chi connectivity index (χ1v) is 7.95. The number of carbonyl (C=O) groups is 1. The SMILES string of the molecule is C=CCOc1ccc(C=CC(=O)NC(N)c2ccc(F)cc2)cc1OC. The smallest absolute Gasteiger partial charge is 0.245 e.